The first-order chi connectivity index (χ1) is 5.24. The molecule has 0 aromatic carbocycles. The largest absolute Gasteiger partial charge is 0.328 e. The summed E-state index contributed by atoms with van der Waals surface area (Å²) >= 11 is 3.06. The van der Waals surface area contributed by atoms with E-state index in [9.17, 15) is 4.79 Å². The van der Waals surface area contributed by atoms with Crippen LogP contribution in [0.15, 0.2) is 21.5 Å². The van der Waals surface area contributed by atoms with Crippen LogP contribution in [0, 0.1) is 11.3 Å². The Kier molecular flexibility index (Phi) is 2.44. The van der Waals surface area contributed by atoms with Crippen molar-refractivity contribution in [2.24, 2.45) is 0 Å². The predicted octanol–water partition coefficient (Wildman–Crippen LogP) is 1.20. The molecule has 3 nitrogen and oxygen atoms in total. The number of aromatic nitrogens is 1. The van der Waals surface area contributed by atoms with Crippen LogP contribution in [0.3, 0.4) is 0 Å². The van der Waals surface area contributed by atoms with E-state index in [2.05, 4.69) is 20.9 Å². The number of hydrogen-bond acceptors (Lipinski definition) is 2. The van der Waals surface area contributed by atoms with Gasteiger partial charge < -0.3 is 4.98 Å². The van der Waals surface area contributed by atoms with Crippen LogP contribution in [-0.2, 0) is 6.42 Å². The second kappa shape index (κ2) is 3.35. The SMILES string of the molecule is N#CCc1c[nH]c(=O)c(Br)c1. The summed E-state index contributed by atoms with van der Waals surface area (Å²) in [7, 11) is 0. The van der Waals surface area contributed by atoms with Crippen LogP contribution in [0.5, 0.6) is 0 Å². The molecule has 0 saturated carbocycles. The first-order valence-corrected chi connectivity index (χ1v) is 3.77. The number of hydrogen-bond donors (Lipinski definition) is 1. The highest BCUT2D eigenvalue weighted by Crippen LogP contribution is 2.04. The van der Waals surface area contributed by atoms with Gasteiger partial charge in [-0.2, -0.15) is 5.26 Å². The number of rotatable bonds is 1. The molecule has 0 amide bonds. The highest BCUT2D eigenvalue weighted by molar-refractivity contribution is 9.10. The lowest BCUT2D eigenvalue weighted by Crippen LogP contribution is -2.05. The second-order valence-electron chi connectivity index (χ2n) is 2.02. The zero-order valence-electron chi connectivity index (χ0n) is 5.60. The summed E-state index contributed by atoms with van der Waals surface area (Å²) in [5, 5.41) is 8.32. The molecule has 1 N–H and O–H groups in total. The standard InChI is InChI=1S/C7H5BrN2O/c8-6-3-5(1-2-9)4-10-7(6)11/h3-4H,1H2,(H,10,11). The first kappa shape index (κ1) is 8.02. The lowest BCUT2D eigenvalue weighted by Gasteiger charge is -1.92. The summed E-state index contributed by atoms with van der Waals surface area (Å²) in [6.07, 6.45) is 1.85. The Morgan fingerprint density at radius 1 is 1.73 bits per heavy atom. The summed E-state index contributed by atoms with van der Waals surface area (Å²) in [6, 6.07) is 3.63. The Morgan fingerprint density at radius 3 is 3.00 bits per heavy atom. The molecule has 1 aromatic rings. The quantitative estimate of drug-likeness (QED) is 0.761. The summed E-state index contributed by atoms with van der Waals surface area (Å²) in [5.41, 5.74) is 0.630. The van der Waals surface area contributed by atoms with E-state index in [1.807, 2.05) is 6.07 Å². The zero-order valence-corrected chi connectivity index (χ0v) is 7.18. The Morgan fingerprint density at radius 2 is 2.45 bits per heavy atom. The summed E-state index contributed by atoms with van der Waals surface area (Å²) in [4.78, 5) is 13.3. The van der Waals surface area contributed by atoms with Gasteiger partial charge in [-0.1, -0.05) is 0 Å². The van der Waals surface area contributed by atoms with Gasteiger partial charge in [0.2, 0.25) is 0 Å². The van der Waals surface area contributed by atoms with Gasteiger partial charge in [0.15, 0.2) is 0 Å². The molecule has 11 heavy (non-hydrogen) atoms. The minimum Gasteiger partial charge on any atom is -0.328 e. The average molecular weight is 213 g/mol. The fourth-order valence-electron chi connectivity index (χ4n) is 0.691. The molecule has 0 radical (unpaired) electrons. The second-order valence-corrected chi connectivity index (χ2v) is 2.87. The van der Waals surface area contributed by atoms with E-state index in [-0.39, 0.29) is 5.56 Å². The summed E-state index contributed by atoms with van der Waals surface area (Å²) in [5.74, 6) is 0. The monoisotopic (exact) mass is 212 g/mol. The molecular weight excluding hydrogens is 208 g/mol. The van der Waals surface area contributed by atoms with E-state index < -0.39 is 0 Å². The predicted molar refractivity (Wildman–Crippen MR) is 44.1 cm³/mol. The van der Waals surface area contributed by atoms with Gasteiger partial charge in [0.1, 0.15) is 0 Å². The van der Waals surface area contributed by atoms with Gasteiger partial charge >= 0.3 is 0 Å². The fraction of sp³-hybridized carbons (Fsp3) is 0.143. The van der Waals surface area contributed by atoms with Crippen molar-refractivity contribution in [1.29, 1.82) is 5.26 Å². The third kappa shape index (κ3) is 1.92. The smallest absolute Gasteiger partial charge is 0.262 e. The van der Waals surface area contributed by atoms with Crippen LogP contribution in [0.4, 0.5) is 0 Å². The summed E-state index contributed by atoms with van der Waals surface area (Å²) < 4.78 is 0.463. The number of halogens is 1. The van der Waals surface area contributed by atoms with E-state index >= 15 is 0 Å². The van der Waals surface area contributed by atoms with Gasteiger partial charge in [-0.05, 0) is 27.6 Å². The maximum absolute atomic E-state index is 10.8. The van der Waals surface area contributed by atoms with Gasteiger partial charge in [-0.25, -0.2) is 0 Å². The first-order valence-electron chi connectivity index (χ1n) is 2.98. The molecule has 1 heterocycles. The third-order valence-electron chi connectivity index (χ3n) is 1.20. The van der Waals surface area contributed by atoms with Crippen LogP contribution in [0.2, 0.25) is 0 Å². The lowest BCUT2D eigenvalue weighted by atomic mass is 10.2. The molecule has 0 bridgehead atoms. The maximum Gasteiger partial charge on any atom is 0.262 e. The van der Waals surface area contributed by atoms with Gasteiger partial charge in [-0.3, -0.25) is 4.79 Å². The van der Waals surface area contributed by atoms with Crippen molar-refractivity contribution in [3.8, 4) is 6.07 Å². The van der Waals surface area contributed by atoms with E-state index in [1.165, 1.54) is 6.20 Å². The third-order valence-corrected chi connectivity index (χ3v) is 1.79. The molecule has 0 aliphatic heterocycles. The minimum absolute atomic E-state index is 0.174. The number of nitrogens with zero attached hydrogens (tertiary/aromatic N) is 1. The van der Waals surface area contributed by atoms with Crippen molar-refractivity contribution in [3.63, 3.8) is 0 Å². The van der Waals surface area contributed by atoms with E-state index in [0.29, 0.717) is 10.9 Å². The van der Waals surface area contributed by atoms with Crippen molar-refractivity contribution in [3.05, 3.63) is 32.7 Å². The molecule has 0 aliphatic carbocycles. The highest BCUT2D eigenvalue weighted by Gasteiger charge is 1.96. The summed E-state index contributed by atoms with van der Waals surface area (Å²) in [6.45, 7) is 0. The molecule has 1 rings (SSSR count). The highest BCUT2D eigenvalue weighted by atomic mass is 79.9. The molecule has 0 spiro atoms. The molecule has 0 atom stereocenters. The molecule has 0 aliphatic rings. The van der Waals surface area contributed by atoms with E-state index in [1.54, 1.807) is 6.07 Å². The average Bonchev–Trinajstić information content (AvgIpc) is 1.98. The molecule has 56 valence electrons. The van der Waals surface area contributed by atoms with Crippen LogP contribution in [0.25, 0.3) is 0 Å². The number of pyridine rings is 1. The number of nitrogens with one attached hydrogen (secondary N) is 1. The van der Waals surface area contributed by atoms with Crippen LogP contribution < -0.4 is 5.56 Å². The van der Waals surface area contributed by atoms with Crippen molar-refractivity contribution < 1.29 is 0 Å². The van der Waals surface area contributed by atoms with Crippen LogP contribution in [-0.4, -0.2) is 4.98 Å². The Hall–Kier alpha value is -1.08. The van der Waals surface area contributed by atoms with Gasteiger partial charge in [0.25, 0.3) is 5.56 Å². The van der Waals surface area contributed by atoms with Crippen molar-refractivity contribution in [2.75, 3.05) is 0 Å². The topological polar surface area (TPSA) is 56.6 Å². The van der Waals surface area contributed by atoms with Crippen LogP contribution in [0.1, 0.15) is 5.56 Å². The van der Waals surface area contributed by atoms with Crippen molar-refractivity contribution in [1.82, 2.24) is 4.98 Å². The van der Waals surface area contributed by atoms with E-state index in [0.717, 1.165) is 5.56 Å². The maximum atomic E-state index is 10.8. The molecular formula is C7H5BrN2O. The number of H-pyrrole nitrogens is 1. The van der Waals surface area contributed by atoms with Gasteiger partial charge in [0, 0.05) is 6.20 Å². The Labute approximate surface area is 71.8 Å². The number of nitriles is 1. The zero-order chi connectivity index (χ0) is 8.27. The lowest BCUT2D eigenvalue weighted by molar-refractivity contribution is 1.14. The van der Waals surface area contributed by atoms with E-state index in [4.69, 9.17) is 5.26 Å². The molecule has 4 heteroatoms. The Balaban J connectivity index is 3.07. The molecule has 0 unspecified atom stereocenters. The molecule has 1 aromatic heterocycles. The van der Waals surface area contributed by atoms with Gasteiger partial charge in [-0.15, -0.1) is 0 Å². The fourth-order valence-corrected chi connectivity index (χ4v) is 1.10. The normalized spacial score (nSPS) is 9.09. The van der Waals surface area contributed by atoms with Crippen molar-refractivity contribution >= 4 is 15.9 Å². The van der Waals surface area contributed by atoms with Crippen LogP contribution >= 0.6 is 15.9 Å². The molecule has 0 fully saturated rings. The van der Waals surface area contributed by atoms with Gasteiger partial charge in [0.05, 0.1) is 17.0 Å². The molecule has 0 saturated heterocycles. The minimum atomic E-state index is -0.174. The Bertz CT molecular complexity index is 350. The number of aromatic amines is 1. The van der Waals surface area contributed by atoms with Crippen molar-refractivity contribution in [2.45, 2.75) is 6.42 Å².